The van der Waals surface area contributed by atoms with Gasteiger partial charge in [0, 0.05) is 35.6 Å². The van der Waals surface area contributed by atoms with Crippen molar-refractivity contribution < 1.29 is 9.53 Å². The van der Waals surface area contributed by atoms with E-state index in [1.54, 1.807) is 48.6 Å². The van der Waals surface area contributed by atoms with Crippen LogP contribution in [0.1, 0.15) is 32.0 Å². The number of rotatable bonds is 5. The molecule has 1 aromatic carbocycles. The van der Waals surface area contributed by atoms with Crippen molar-refractivity contribution in [3.63, 3.8) is 0 Å². The number of aromatic nitrogens is 6. The Hall–Kier alpha value is -3.27. The first-order chi connectivity index (χ1) is 17.8. The Morgan fingerprint density at radius 3 is 2.65 bits per heavy atom. The molecule has 0 fully saturated rings. The Labute approximate surface area is 230 Å². The fraction of sp³-hybridized carbons (Fsp3) is 0.280. The topological polar surface area (TPSA) is 108 Å². The van der Waals surface area contributed by atoms with Crippen LogP contribution in [-0.4, -0.2) is 60.0 Å². The second-order valence-electron chi connectivity index (χ2n) is 8.51. The molecule has 0 aliphatic carbocycles. The Balaban J connectivity index is 0.00000186. The Morgan fingerprint density at radius 1 is 1.11 bits per heavy atom. The third-order valence-electron chi connectivity index (χ3n) is 4.60. The smallest absolute Gasteiger partial charge is 0.435 e. The summed E-state index contributed by atoms with van der Waals surface area (Å²) in [5.74, 6) is 8.16. The fourth-order valence-electron chi connectivity index (χ4n) is 3.08. The average molecular weight is 554 g/mol. The Bertz CT molecular complexity index is 1430. The number of thiol groups is 2. The summed E-state index contributed by atoms with van der Waals surface area (Å²) in [7, 11) is 0. The zero-order valence-corrected chi connectivity index (χ0v) is 23.4. The van der Waals surface area contributed by atoms with Crippen LogP contribution in [0.4, 0.5) is 10.7 Å². The summed E-state index contributed by atoms with van der Waals surface area (Å²) in [5.41, 5.74) is 2.00. The zero-order valence-electron chi connectivity index (χ0n) is 20.8. The van der Waals surface area contributed by atoms with Crippen molar-refractivity contribution >= 4 is 58.0 Å². The second kappa shape index (κ2) is 13.3. The Morgan fingerprint density at radius 2 is 1.89 bits per heavy atom. The number of anilines is 1. The summed E-state index contributed by atoms with van der Waals surface area (Å²) in [6, 6.07) is 9.01. The van der Waals surface area contributed by atoms with Crippen LogP contribution in [0.5, 0.6) is 0 Å². The molecule has 37 heavy (non-hydrogen) atoms. The van der Waals surface area contributed by atoms with Crippen molar-refractivity contribution in [2.75, 3.05) is 23.9 Å². The van der Waals surface area contributed by atoms with Crippen LogP contribution in [0.15, 0.2) is 48.9 Å². The number of thioether (sulfide) groups is 1. The predicted molar refractivity (Wildman–Crippen MR) is 155 cm³/mol. The van der Waals surface area contributed by atoms with Gasteiger partial charge >= 0.3 is 6.09 Å². The summed E-state index contributed by atoms with van der Waals surface area (Å²) in [6.45, 7) is 6.22. The van der Waals surface area contributed by atoms with Crippen LogP contribution in [0.2, 0.25) is 0 Å². The number of fused-ring (bicyclic) bond motifs is 1. The SMILES string of the molecule is CSCCNc1nccc(-c2nccc(C#Cc3ccc4c(cnn4C(=O)OC(C)(C)C)c3)n2)n1.SS. The standard InChI is InChI=1S/C25H25N7O2S.H2S2/c1-25(2,3)34-24(33)32-21-8-6-17(15-18(21)16-29-32)5-7-19-9-11-26-22(30-19)20-10-12-27-23(31-20)28-13-14-35-4;1-2/h6,8-12,15-16H,13-14H2,1-4H3,(H,27,28,31);1-2H. The molecule has 0 aliphatic rings. The second-order valence-corrected chi connectivity index (χ2v) is 9.50. The fourth-order valence-corrected chi connectivity index (χ4v) is 3.39. The minimum Gasteiger partial charge on any atom is -0.442 e. The number of ether oxygens (including phenoxy) is 1. The lowest BCUT2D eigenvalue weighted by molar-refractivity contribution is 0.0522. The molecule has 0 bridgehead atoms. The summed E-state index contributed by atoms with van der Waals surface area (Å²) in [4.78, 5) is 30.0. The van der Waals surface area contributed by atoms with Crippen LogP contribution in [-0.2, 0) is 4.74 Å². The first kappa shape index (κ1) is 28.3. The van der Waals surface area contributed by atoms with Crippen LogP contribution in [0.25, 0.3) is 22.4 Å². The molecule has 1 N–H and O–H groups in total. The minimum atomic E-state index is -0.602. The third kappa shape index (κ3) is 8.11. The van der Waals surface area contributed by atoms with E-state index in [0.717, 1.165) is 23.2 Å². The van der Waals surface area contributed by atoms with Gasteiger partial charge in [0.25, 0.3) is 0 Å². The van der Waals surface area contributed by atoms with Gasteiger partial charge in [0.05, 0.1) is 11.7 Å². The molecule has 12 heteroatoms. The maximum Gasteiger partial charge on any atom is 0.435 e. The molecule has 3 aromatic heterocycles. The van der Waals surface area contributed by atoms with E-state index >= 15 is 0 Å². The highest BCUT2D eigenvalue weighted by atomic mass is 33.1. The minimum absolute atomic E-state index is 0.473. The lowest BCUT2D eigenvalue weighted by Gasteiger charge is -2.19. The largest absolute Gasteiger partial charge is 0.442 e. The summed E-state index contributed by atoms with van der Waals surface area (Å²) >= 11 is 8.19. The number of hydrogen-bond donors (Lipinski definition) is 3. The molecule has 0 saturated carbocycles. The molecule has 0 aliphatic heterocycles. The van der Waals surface area contributed by atoms with Gasteiger partial charge in [0.15, 0.2) is 5.82 Å². The monoisotopic (exact) mass is 553 g/mol. The van der Waals surface area contributed by atoms with Gasteiger partial charge in [-0.05, 0) is 63.3 Å². The molecule has 4 aromatic rings. The lowest BCUT2D eigenvalue weighted by Crippen LogP contribution is -2.27. The maximum atomic E-state index is 12.4. The summed E-state index contributed by atoms with van der Waals surface area (Å²) in [6.07, 6.45) is 6.48. The van der Waals surface area contributed by atoms with E-state index in [2.05, 4.69) is 71.8 Å². The predicted octanol–water partition coefficient (Wildman–Crippen LogP) is 5.00. The molecular weight excluding hydrogens is 527 g/mol. The highest BCUT2D eigenvalue weighted by Gasteiger charge is 2.20. The number of nitrogens with one attached hydrogen (secondary N) is 1. The number of nitrogens with zero attached hydrogens (tertiary/aromatic N) is 6. The molecule has 0 unspecified atom stereocenters. The highest BCUT2D eigenvalue weighted by molar-refractivity contribution is 8.59. The molecule has 3 heterocycles. The van der Waals surface area contributed by atoms with E-state index < -0.39 is 11.7 Å². The molecule has 192 valence electrons. The van der Waals surface area contributed by atoms with Crippen LogP contribution >= 0.6 is 35.1 Å². The van der Waals surface area contributed by atoms with Crippen molar-refractivity contribution in [2.24, 2.45) is 0 Å². The molecule has 0 atom stereocenters. The van der Waals surface area contributed by atoms with Gasteiger partial charge in [-0.15, -0.1) is 23.3 Å². The zero-order chi connectivity index (χ0) is 26.8. The third-order valence-corrected chi connectivity index (χ3v) is 5.21. The van der Waals surface area contributed by atoms with E-state index in [4.69, 9.17) is 4.74 Å². The average Bonchev–Trinajstić information content (AvgIpc) is 3.32. The molecular formula is C25H27N7O2S3. The van der Waals surface area contributed by atoms with Crippen LogP contribution in [0, 0.1) is 11.8 Å². The van der Waals surface area contributed by atoms with Crippen LogP contribution < -0.4 is 5.32 Å². The van der Waals surface area contributed by atoms with E-state index in [0.29, 0.717) is 28.7 Å². The number of carbonyl (C=O) groups is 1. The quantitative estimate of drug-likeness (QED) is 0.136. The highest BCUT2D eigenvalue weighted by Crippen LogP contribution is 2.18. The van der Waals surface area contributed by atoms with Crippen LogP contribution in [0.3, 0.4) is 0 Å². The van der Waals surface area contributed by atoms with E-state index in [9.17, 15) is 4.79 Å². The summed E-state index contributed by atoms with van der Waals surface area (Å²) < 4.78 is 6.66. The van der Waals surface area contributed by atoms with Crippen molar-refractivity contribution in [3.05, 3.63) is 60.2 Å². The molecule has 9 nitrogen and oxygen atoms in total. The van der Waals surface area contributed by atoms with Gasteiger partial charge < -0.3 is 10.1 Å². The number of hydrogen-bond acceptors (Lipinski definition) is 11. The molecule has 0 saturated heterocycles. The maximum absolute atomic E-state index is 12.4. The van der Waals surface area contributed by atoms with Gasteiger partial charge in [0.2, 0.25) is 5.95 Å². The van der Waals surface area contributed by atoms with Gasteiger partial charge in [0.1, 0.15) is 17.0 Å². The van der Waals surface area contributed by atoms with Crippen molar-refractivity contribution in [3.8, 4) is 23.4 Å². The number of benzene rings is 1. The van der Waals surface area contributed by atoms with E-state index in [-0.39, 0.29) is 0 Å². The molecule has 4 rings (SSSR count). The van der Waals surface area contributed by atoms with Gasteiger partial charge in [-0.2, -0.15) is 21.5 Å². The number of carbonyl (C=O) groups excluding carboxylic acids is 1. The van der Waals surface area contributed by atoms with Gasteiger partial charge in [-0.25, -0.2) is 24.7 Å². The molecule has 0 amide bonds. The summed E-state index contributed by atoms with van der Waals surface area (Å²) in [5, 5.41) is 8.14. The molecule has 0 spiro atoms. The van der Waals surface area contributed by atoms with Gasteiger partial charge in [-0.1, -0.05) is 5.92 Å². The van der Waals surface area contributed by atoms with E-state index in [1.165, 1.54) is 4.68 Å². The van der Waals surface area contributed by atoms with Crippen molar-refractivity contribution in [1.29, 1.82) is 0 Å². The van der Waals surface area contributed by atoms with Gasteiger partial charge in [-0.3, -0.25) is 0 Å². The van der Waals surface area contributed by atoms with Crippen molar-refractivity contribution in [2.45, 2.75) is 26.4 Å². The lowest BCUT2D eigenvalue weighted by atomic mass is 10.1. The molecule has 0 radical (unpaired) electrons. The van der Waals surface area contributed by atoms with Crippen molar-refractivity contribution in [1.82, 2.24) is 29.7 Å². The normalized spacial score (nSPS) is 10.6. The first-order valence-corrected chi connectivity index (χ1v) is 14.1. The first-order valence-electron chi connectivity index (χ1n) is 11.1. The van der Waals surface area contributed by atoms with E-state index in [1.807, 2.05) is 32.9 Å². The Kier molecular flexibility index (Phi) is 10.2.